The summed E-state index contributed by atoms with van der Waals surface area (Å²) in [6.45, 7) is -0.0500. The molecule has 0 radical (unpaired) electrons. The van der Waals surface area contributed by atoms with Crippen LogP contribution in [0.5, 0.6) is 0 Å². The molecule has 1 aromatic carbocycles. The quantitative estimate of drug-likeness (QED) is 0.588. The molecule has 0 aromatic heterocycles. The van der Waals surface area contributed by atoms with E-state index in [1.807, 2.05) is 6.07 Å². The third kappa shape index (κ3) is 3.17. The van der Waals surface area contributed by atoms with E-state index in [0.29, 0.717) is 18.9 Å². The van der Waals surface area contributed by atoms with Crippen molar-refractivity contribution in [3.05, 3.63) is 34.1 Å². The van der Waals surface area contributed by atoms with Crippen LogP contribution in [0.3, 0.4) is 0 Å². The molecule has 2 rings (SSSR count). The first kappa shape index (κ1) is 15.3. The zero-order valence-corrected chi connectivity index (χ0v) is 11.7. The Kier molecular flexibility index (Phi) is 4.20. The summed E-state index contributed by atoms with van der Waals surface area (Å²) in [6, 6.07) is 3.97. The molecule has 1 aliphatic carbocycles. The molecule has 1 aromatic rings. The third-order valence-electron chi connectivity index (χ3n) is 3.11. The summed E-state index contributed by atoms with van der Waals surface area (Å²) in [7, 11) is -4.19. The van der Waals surface area contributed by atoms with Crippen molar-refractivity contribution in [2.45, 2.75) is 30.2 Å². The second-order valence-corrected chi connectivity index (χ2v) is 6.49. The minimum Gasteiger partial charge on any atom is -0.258 e. The van der Waals surface area contributed by atoms with Gasteiger partial charge in [-0.05, 0) is 18.9 Å². The largest absolute Gasteiger partial charge is 0.270 e. The first-order chi connectivity index (χ1) is 9.87. The molecule has 0 heterocycles. The van der Waals surface area contributed by atoms with Gasteiger partial charge in [-0.1, -0.05) is 0 Å². The highest BCUT2D eigenvalue weighted by Crippen LogP contribution is 2.33. The number of nitriles is 1. The molecule has 1 fully saturated rings. The fraction of sp³-hybridized carbons (Fsp3) is 0.417. The van der Waals surface area contributed by atoms with Crippen LogP contribution in [0, 0.1) is 27.3 Å². The molecule has 0 saturated heterocycles. The van der Waals surface area contributed by atoms with Crippen molar-refractivity contribution in [2.24, 2.45) is 0 Å². The monoisotopic (exact) mass is 313 g/mol. The van der Waals surface area contributed by atoms with Crippen molar-refractivity contribution >= 4 is 15.7 Å². The summed E-state index contributed by atoms with van der Waals surface area (Å²) in [6.07, 6.45) is 1.26. The predicted octanol–water partition coefficient (Wildman–Crippen LogP) is 1.80. The zero-order chi connectivity index (χ0) is 15.6. The van der Waals surface area contributed by atoms with Gasteiger partial charge in [0.2, 0.25) is 10.0 Å². The summed E-state index contributed by atoms with van der Waals surface area (Å²) in [4.78, 5) is 9.21. The lowest BCUT2D eigenvalue weighted by Crippen LogP contribution is -2.34. The zero-order valence-electron chi connectivity index (χ0n) is 10.9. The van der Waals surface area contributed by atoms with Gasteiger partial charge in [0.1, 0.15) is 10.7 Å². The Hall–Kier alpha value is -2.05. The number of non-ortho nitro benzene ring substituents is 1. The van der Waals surface area contributed by atoms with E-state index in [9.17, 15) is 22.9 Å². The SMILES string of the molecule is N#CCCN(C1CC1)S(=O)(=O)c1cc([N+](=O)[O-])ccc1F. The molecule has 0 unspecified atom stereocenters. The lowest BCUT2D eigenvalue weighted by Gasteiger charge is -2.20. The standard InChI is InChI=1S/C12H12FN3O4S/c13-11-5-4-10(16(17)18)8-12(11)21(19,20)15(7-1-6-14)9-2-3-9/h4-5,8-9H,1-3,7H2. The highest BCUT2D eigenvalue weighted by molar-refractivity contribution is 7.89. The Balaban J connectivity index is 2.44. The van der Waals surface area contributed by atoms with Crippen LogP contribution in [0.4, 0.5) is 10.1 Å². The molecular weight excluding hydrogens is 301 g/mol. The van der Waals surface area contributed by atoms with E-state index in [4.69, 9.17) is 5.26 Å². The summed E-state index contributed by atoms with van der Waals surface area (Å²) in [5.41, 5.74) is -0.494. The van der Waals surface area contributed by atoms with Gasteiger partial charge in [0.25, 0.3) is 5.69 Å². The molecule has 7 nitrogen and oxygen atoms in total. The van der Waals surface area contributed by atoms with Crippen LogP contribution in [0.15, 0.2) is 23.1 Å². The van der Waals surface area contributed by atoms with E-state index in [1.54, 1.807) is 0 Å². The topological polar surface area (TPSA) is 104 Å². The van der Waals surface area contributed by atoms with Gasteiger partial charge >= 0.3 is 0 Å². The highest BCUT2D eigenvalue weighted by atomic mass is 32.2. The number of nitro benzene ring substituents is 1. The van der Waals surface area contributed by atoms with E-state index < -0.39 is 31.3 Å². The Bertz CT molecular complexity index is 710. The van der Waals surface area contributed by atoms with Crippen molar-refractivity contribution in [3.63, 3.8) is 0 Å². The first-order valence-corrected chi connectivity index (χ1v) is 7.64. The number of sulfonamides is 1. The number of halogens is 1. The van der Waals surface area contributed by atoms with Gasteiger partial charge in [-0.3, -0.25) is 10.1 Å². The minimum absolute atomic E-state index is 0.0216. The van der Waals surface area contributed by atoms with E-state index in [1.165, 1.54) is 0 Å². The molecule has 0 bridgehead atoms. The molecule has 0 N–H and O–H groups in total. The van der Waals surface area contributed by atoms with Crippen molar-refractivity contribution in [3.8, 4) is 6.07 Å². The molecule has 1 saturated carbocycles. The maximum atomic E-state index is 13.8. The van der Waals surface area contributed by atoms with Gasteiger partial charge in [-0.25, -0.2) is 12.8 Å². The van der Waals surface area contributed by atoms with Crippen LogP contribution < -0.4 is 0 Å². The van der Waals surface area contributed by atoms with Crippen molar-refractivity contribution < 1.29 is 17.7 Å². The normalized spacial score (nSPS) is 14.9. The number of nitrogens with zero attached hydrogens (tertiary/aromatic N) is 3. The molecule has 0 amide bonds. The Morgan fingerprint density at radius 3 is 2.67 bits per heavy atom. The highest BCUT2D eigenvalue weighted by Gasteiger charge is 2.39. The summed E-state index contributed by atoms with van der Waals surface area (Å²) < 4.78 is 39.8. The molecule has 0 atom stereocenters. The molecule has 9 heteroatoms. The molecular formula is C12H12FN3O4S. The van der Waals surface area contributed by atoms with Crippen LogP contribution in [0.25, 0.3) is 0 Å². The first-order valence-electron chi connectivity index (χ1n) is 6.20. The van der Waals surface area contributed by atoms with Gasteiger partial charge in [0, 0.05) is 31.1 Å². The average Bonchev–Trinajstić information content (AvgIpc) is 3.23. The maximum absolute atomic E-state index is 13.8. The number of benzene rings is 1. The average molecular weight is 313 g/mol. The Morgan fingerprint density at radius 1 is 1.48 bits per heavy atom. The smallest absolute Gasteiger partial charge is 0.258 e. The van der Waals surface area contributed by atoms with E-state index in [0.717, 1.165) is 16.4 Å². The van der Waals surface area contributed by atoms with Crippen molar-refractivity contribution in [1.29, 1.82) is 5.26 Å². The van der Waals surface area contributed by atoms with Gasteiger partial charge in [-0.15, -0.1) is 0 Å². The van der Waals surface area contributed by atoms with Crippen LogP contribution >= 0.6 is 0 Å². The van der Waals surface area contributed by atoms with Crippen LogP contribution in [-0.2, 0) is 10.0 Å². The Morgan fingerprint density at radius 2 is 2.14 bits per heavy atom. The fourth-order valence-corrected chi connectivity index (χ4v) is 3.72. The minimum atomic E-state index is -4.19. The second kappa shape index (κ2) is 5.75. The van der Waals surface area contributed by atoms with Crippen LogP contribution in [-0.4, -0.2) is 30.2 Å². The van der Waals surface area contributed by atoms with Crippen molar-refractivity contribution in [2.75, 3.05) is 6.54 Å². The number of hydrogen-bond acceptors (Lipinski definition) is 5. The predicted molar refractivity (Wildman–Crippen MR) is 70.2 cm³/mol. The Labute approximate surface area is 120 Å². The van der Waals surface area contributed by atoms with Gasteiger partial charge < -0.3 is 0 Å². The molecule has 0 spiro atoms. The summed E-state index contributed by atoms with van der Waals surface area (Å²) in [5.74, 6) is -1.04. The summed E-state index contributed by atoms with van der Waals surface area (Å²) in [5, 5.41) is 19.3. The number of nitro groups is 1. The second-order valence-electron chi connectivity index (χ2n) is 4.63. The van der Waals surface area contributed by atoms with E-state index >= 15 is 0 Å². The molecule has 112 valence electrons. The number of rotatable bonds is 6. The maximum Gasteiger partial charge on any atom is 0.270 e. The molecule has 1 aliphatic rings. The fourth-order valence-electron chi connectivity index (χ4n) is 1.95. The van der Waals surface area contributed by atoms with Gasteiger partial charge in [0.05, 0.1) is 11.0 Å². The van der Waals surface area contributed by atoms with E-state index in [2.05, 4.69) is 0 Å². The van der Waals surface area contributed by atoms with Crippen molar-refractivity contribution in [1.82, 2.24) is 4.31 Å². The molecule has 21 heavy (non-hydrogen) atoms. The van der Waals surface area contributed by atoms with E-state index in [-0.39, 0.29) is 19.0 Å². The summed E-state index contributed by atoms with van der Waals surface area (Å²) >= 11 is 0. The molecule has 0 aliphatic heterocycles. The van der Waals surface area contributed by atoms with Gasteiger partial charge in [0.15, 0.2) is 0 Å². The lowest BCUT2D eigenvalue weighted by molar-refractivity contribution is -0.385. The number of hydrogen-bond donors (Lipinski definition) is 0. The lowest BCUT2D eigenvalue weighted by atomic mass is 10.3. The third-order valence-corrected chi connectivity index (χ3v) is 5.08. The van der Waals surface area contributed by atoms with Crippen LogP contribution in [0.1, 0.15) is 19.3 Å². The van der Waals surface area contributed by atoms with Gasteiger partial charge in [-0.2, -0.15) is 9.57 Å². The van der Waals surface area contributed by atoms with Crippen LogP contribution in [0.2, 0.25) is 0 Å².